The van der Waals surface area contributed by atoms with E-state index in [4.69, 9.17) is 25.8 Å². The van der Waals surface area contributed by atoms with Crippen molar-refractivity contribution in [2.45, 2.75) is 6.61 Å². The van der Waals surface area contributed by atoms with Crippen LogP contribution in [-0.4, -0.2) is 22.4 Å². The molecule has 152 valence electrons. The summed E-state index contributed by atoms with van der Waals surface area (Å²) in [5.74, 6) is 2.14. The van der Waals surface area contributed by atoms with E-state index in [0.29, 0.717) is 45.9 Å². The van der Waals surface area contributed by atoms with E-state index in [9.17, 15) is 5.11 Å². The number of benzene rings is 3. The van der Waals surface area contributed by atoms with E-state index in [2.05, 4.69) is 10.2 Å². The van der Waals surface area contributed by atoms with Crippen LogP contribution < -0.4 is 14.2 Å². The zero-order valence-electron chi connectivity index (χ0n) is 16.1. The van der Waals surface area contributed by atoms with Crippen LogP contribution in [0.4, 0.5) is 0 Å². The number of H-pyrrole nitrogens is 1. The maximum Gasteiger partial charge on any atom is 0.173 e. The summed E-state index contributed by atoms with van der Waals surface area (Å²) >= 11 is 6.16. The first kappa shape index (κ1) is 19.7. The van der Waals surface area contributed by atoms with Gasteiger partial charge in [0.15, 0.2) is 17.2 Å². The molecule has 0 saturated carbocycles. The molecule has 4 aromatic rings. The zero-order valence-corrected chi connectivity index (χ0v) is 16.9. The maximum atomic E-state index is 10.6. The Bertz CT molecular complexity index is 1160. The number of phenols is 1. The van der Waals surface area contributed by atoms with Crippen LogP contribution in [0.25, 0.3) is 11.3 Å². The Morgan fingerprint density at radius 1 is 0.967 bits per heavy atom. The average Bonchev–Trinajstić information content (AvgIpc) is 3.21. The van der Waals surface area contributed by atoms with Gasteiger partial charge in [-0.1, -0.05) is 41.9 Å². The summed E-state index contributed by atoms with van der Waals surface area (Å²) in [5.41, 5.74) is 1.93. The number of hydrogen-bond acceptors (Lipinski definition) is 5. The van der Waals surface area contributed by atoms with E-state index < -0.39 is 0 Å². The van der Waals surface area contributed by atoms with Crippen LogP contribution in [0, 0.1) is 0 Å². The molecule has 0 spiro atoms. The number of rotatable bonds is 7. The molecule has 0 bridgehead atoms. The molecule has 0 atom stereocenters. The first-order chi connectivity index (χ1) is 14.7. The molecule has 7 heteroatoms. The fourth-order valence-electron chi connectivity index (χ4n) is 2.96. The molecule has 4 rings (SSSR count). The molecule has 0 amide bonds. The van der Waals surface area contributed by atoms with E-state index in [1.54, 1.807) is 43.6 Å². The SMILES string of the molecule is COc1ccccc1Oc1cn[nH]c1-c1ccc(OCc2ccccc2Cl)cc1O. The molecule has 0 fully saturated rings. The lowest BCUT2D eigenvalue weighted by Crippen LogP contribution is -1.96. The Labute approximate surface area is 178 Å². The molecule has 6 nitrogen and oxygen atoms in total. The quantitative estimate of drug-likeness (QED) is 0.392. The normalized spacial score (nSPS) is 10.6. The molecule has 0 radical (unpaired) electrons. The van der Waals surface area contributed by atoms with Gasteiger partial charge in [-0.05, 0) is 30.3 Å². The van der Waals surface area contributed by atoms with Gasteiger partial charge in [-0.15, -0.1) is 0 Å². The number of ether oxygens (including phenoxy) is 3. The van der Waals surface area contributed by atoms with Gasteiger partial charge in [-0.25, -0.2) is 0 Å². The van der Waals surface area contributed by atoms with Crippen molar-refractivity contribution in [1.29, 1.82) is 0 Å². The number of halogens is 1. The first-order valence-electron chi connectivity index (χ1n) is 9.19. The van der Waals surface area contributed by atoms with Crippen LogP contribution in [0.3, 0.4) is 0 Å². The summed E-state index contributed by atoms with van der Waals surface area (Å²) in [4.78, 5) is 0. The second-order valence-electron chi connectivity index (χ2n) is 6.42. The van der Waals surface area contributed by atoms with Crippen molar-refractivity contribution >= 4 is 11.6 Å². The van der Waals surface area contributed by atoms with Crippen LogP contribution in [0.5, 0.6) is 28.7 Å². The number of nitrogens with one attached hydrogen (secondary N) is 1. The highest BCUT2D eigenvalue weighted by molar-refractivity contribution is 6.31. The number of hydrogen-bond donors (Lipinski definition) is 2. The van der Waals surface area contributed by atoms with E-state index >= 15 is 0 Å². The fraction of sp³-hybridized carbons (Fsp3) is 0.0870. The first-order valence-corrected chi connectivity index (χ1v) is 9.57. The standard InChI is InChI=1S/C23H19ClN2O4/c1-28-20-8-4-5-9-21(20)30-22-13-25-26-23(22)17-11-10-16(12-19(17)27)29-14-15-6-2-3-7-18(15)24/h2-13,27H,14H2,1H3,(H,25,26). The Hall–Kier alpha value is -3.64. The van der Waals surface area contributed by atoms with Gasteiger partial charge in [0, 0.05) is 22.2 Å². The number of methoxy groups -OCH3 is 1. The summed E-state index contributed by atoms with van der Waals surface area (Å²) in [6.45, 7) is 0.296. The average molecular weight is 423 g/mol. The molecule has 0 unspecified atom stereocenters. The topological polar surface area (TPSA) is 76.6 Å². The van der Waals surface area contributed by atoms with Crippen LogP contribution >= 0.6 is 11.6 Å². The molecule has 30 heavy (non-hydrogen) atoms. The van der Waals surface area contributed by atoms with Gasteiger partial charge in [-0.3, -0.25) is 5.10 Å². The number of aromatic amines is 1. The zero-order chi connectivity index (χ0) is 20.9. The van der Waals surface area contributed by atoms with E-state index in [1.807, 2.05) is 36.4 Å². The van der Waals surface area contributed by atoms with Crippen LogP contribution in [-0.2, 0) is 6.61 Å². The minimum Gasteiger partial charge on any atom is -0.507 e. The van der Waals surface area contributed by atoms with Crippen LogP contribution in [0.2, 0.25) is 5.02 Å². The second kappa shape index (κ2) is 8.80. The summed E-state index contributed by atoms with van der Waals surface area (Å²) in [6, 6.07) is 19.8. The smallest absolute Gasteiger partial charge is 0.173 e. The van der Waals surface area contributed by atoms with Crippen molar-refractivity contribution in [3.8, 4) is 40.0 Å². The third-order valence-corrected chi connectivity index (χ3v) is 4.85. The molecule has 0 aliphatic carbocycles. The van der Waals surface area contributed by atoms with Gasteiger partial charge in [0.1, 0.15) is 23.8 Å². The molecule has 1 heterocycles. The monoisotopic (exact) mass is 422 g/mol. The van der Waals surface area contributed by atoms with Crippen molar-refractivity contribution in [1.82, 2.24) is 10.2 Å². The van der Waals surface area contributed by atoms with Gasteiger partial charge < -0.3 is 19.3 Å². The highest BCUT2D eigenvalue weighted by atomic mass is 35.5. The molecule has 3 aromatic carbocycles. The summed E-state index contributed by atoms with van der Waals surface area (Å²) in [5, 5.41) is 18.1. The van der Waals surface area contributed by atoms with E-state index in [1.165, 1.54) is 0 Å². The lowest BCUT2D eigenvalue weighted by molar-refractivity contribution is 0.304. The lowest BCUT2D eigenvalue weighted by atomic mass is 10.1. The molecule has 2 N–H and O–H groups in total. The van der Waals surface area contributed by atoms with Gasteiger partial charge in [0.25, 0.3) is 0 Å². The van der Waals surface area contributed by atoms with Crippen LogP contribution in [0.15, 0.2) is 72.9 Å². The number of nitrogens with zero attached hydrogens (tertiary/aromatic N) is 1. The van der Waals surface area contributed by atoms with Gasteiger partial charge >= 0.3 is 0 Å². The van der Waals surface area contributed by atoms with Crippen molar-refractivity contribution in [3.63, 3.8) is 0 Å². The molecule has 0 aliphatic rings. The third kappa shape index (κ3) is 4.18. The number of phenolic OH excluding ortho intramolecular Hbond substituents is 1. The minimum absolute atomic E-state index is 0.0285. The predicted octanol–water partition coefficient (Wildman–Crippen LogP) is 5.82. The van der Waals surface area contributed by atoms with Gasteiger partial charge in [-0.2, -0.15) is 5.10 Å². The van der Waals surface area contributed by atoms with Crippen molar-refractivity contribution in [2.75, 3.05) is 7.11 Å². The Morgan fingerprint density at radius 3 is 2.50 bits per heavy atom. The number of aromatic hydroxyl groups is 1. The molecule has 1 aromatic heterocycles. The molecule has 0 saturated heterocycles. The van der Waals surface area contributed by atoms with Crippen LogP contribution in [0.1, 0.15) is 5.56 Å². The van der Waals surface area contributed by atoms with Crippen molar-refractivity contribution in [2.24, 2.45) is 0 Å². The third-order valence-electron chi connectivity index (χ3n) is 4.48. The van der Waals surface area contributed by atoms with Gasteiger partial charge in [0.2, 0.25) is 0 Å². The second-order valence-corrected chi connectivity index (χ2v) is 6.83. The number of aromatic nitrogens is 2. The van der Waals surface area contributed by atoms with Crippen molar-refractivity contribution < 1.29 is 19.3 Å². The lowest BCUT2D eigenvalue weighted by Gasteiger charge is -2.12. The summed E-state index contributed by atoms with van der Waals surface area (Å²) in [7, 11) is 1.58. The molecule has 0 aliphatic heterocycles. The largest absolute Gasteiger partial charge is 0.507 e. The Morgan fingerprint density at radius 2 is 1.73 bits per heavy atom. The van der Waals surface area contributed by atoms with Crippen molar-refractivity contribution in [3.05, 3.63) is 83.5 Å². The van der Waals surface area contributed by atoms with E-state index in [-0.39, 0.29) is 5.75 Å². The summed E-state index contributed by atoms with van der Waals surface area (Å²) < 4.78 is 17.0. The predicted molar refractivity (Wildman–Crippen MR) is 115 cm³/mol. The highest BCUT2D eigenvalue weighted by Gasteiger charge is 2.16. The Kier molecular flexibility index (Phi) is 5.77. The summed E-state index contributed by atoms with van der Waals surface area (Å²) in [6.07, 6.45) is 1.54. The Balaban J connectivity index is 1.54. The molecular formula is C23H19ClN2O4. The minimum atomic E-state index is 0.0285. The fourth-order valence-corrected chi connectivity index (χ4v) is 3.15. The van der Waals surface area contributed by atoms with Gasteiger partial charge in [0.05, 0.1) is 13.3 Å². The number of para-hydroxylation sites is 2. The highest BCUT2D eigenvalue weighted by Crippen LogP contribution is 2.39. The van der Waals surface area contributed by atoms with E-state index in [0.717, 1.165) is 5.56 Å². The molecular weight excluding hydrogens is 404 g/mol. The maximum absolute atomic E-state index is 10.6.